The SMILES string of the molecule is Cc1ccc(-c2ccc(SC(CC(C)C)c3ccc(C(=O)NCCC(=O)O)cc3)cc2)cc1C. The number of hydrogen-bond donors (Lipinski definition) is 2. The Bertz CT molecular complexity index is 1120. The summed E-state index contributed by atoms with van der Waals surface area (Å²) >= 11 is 1.85. The van der Waals surface area contributed by atoms with E-state index in [2.05, 4.69) is 75.5 Å². The maximum atomic E-state index is 12.3. The molecule has 3 aromatic rings. The number of aliphatic carboxylic acids is 1. The van der Waals surface area contributed by atoms with E-state index in [1.165, 1.54) is 32.7 Å². The van der Waals surface area contributed by atoms with Gasteiger partial charge in [0.25, 0.3) is 5.91 Å². The van der Waals surface area contributed by atoms with Crippen molar-refractivity contribution in [2.75, 3.05) is 6.54 Å². The van der Waals surface area contributed by atoms with Crippen molar-refractivity contribution in [1.29, 1.82) is 0 Å². The molecule has 0 aromatic heterocycles. The van der Waals surface area contributed by atoms with Crippen LogP contribution in [0.5, 0.6) is 0 Å². The number of benzene rings is 3. The summed E-state index contributed by atoms with van der Waals surface area (Å²) in [7, 11) is 0. The highest BCUT2D eigenvalue weighted by Crippen LogP contribution is 2.40. The number of rotatable bonds is 10. The minimum Gasteiger partial charge on any atom is -0.481 e. The lowest BCUT2D eigenvalue weighted by atomic mass is 10.0. The van der Waals surface area contributed by atoms with Crippen molar-refractivity contribution < 1.29 is 14.7 Å². The number of amides is 1. The average molecular weight is 476 g/mol. The van der Waals surface area contributed by atoms with E-state index >= 15 is 0 Å². The lowest BCUT2D eigenvalue weighted by molar-refractivity contribution is -0.136. The van der Waals surface area contributed by atoms with Crippen LogP contribution < -0.4 is 5.32 Å². The third-order valence-corrected chi connectivity index (χ3v) is 7.12. The molecule has 0 bridgehead atoms. The van der Waals surface area contributed by atoms with Gasteiger partial charge in [-0.1, -0.05) is 56.3 Å². The first-order chi connectivity index (χ1) is 16.2. The van der Waals surface area contributed by atoms with Gasteiger partial charge in [0.15, 0.2) is 0 Å². The Balaban J connectivity index is 1.71. The molecule has 0 radical (unpaired) electrons. The fraction of sp³-hybridized carbons (Fsp3) is 0.310. The number of carbonyl (C=O) groups is 2. The van der Waals surface area contributed by atoms with Gasteiger partial charge in [0, 0.05) is 22.3 Å². The molecule has 0 saturated carbocycles. The first-order valence-corrected chi connectivity index (χ1v) is 12.5. The average Bonchev–Trinajstić information content (AvgIpc) is 2.80. The van der Waals surface area contributed by atoms with E-state index in [1.54, 1.807) is 0 Å². The number of carbonyl (C=O) groups excluding carboxylic acids is 1. The molecule has 0 aliphatic carbocycles. The molecule has 5 heteroatoms. The standard InChI is InChI=1S/C29H33NO3S/c1-19(2)17-27(23-7-9-24(10-8-23)29(33)30-16-15-28(31)32)34-26-13-11-22(12-14-26)25-6-5-20(3)21(4)18-25/h5-14,18-19,27H,15-17H2,1-4H3,(H,30,33)(H,31,32). The molecule has 0 aliphatic rings. The van der Waals surface area contributed by atoms with Gasteiger partial charge in [-0.05, 0) is 78.3 Å². The molecule has 1 amide bonds. The monoisotopic (exact) mass is 475 g/mol. The minimum atomic E-state index is -0.925. The zero-order valence-corrected chi connectivity index (χ0v) is 21.1. The van der Waals surface area contributed by atoms with E-state index in [1.807, 2.05) is 36.0 Å². The number of carboxylic acid groups (broad SMARTS) is 1. The van der Waals surface area contributed by atoms with E-state index < -0.39 is 5.97 Å². The fourth-order valence-electron chi connectivity index (χ4n) is 3.73. The molecule has 1 atom stereocenters. The van der Waals surface area contributed by atoms with Crippen molar-refractivity contribution in [1.82, 2.24) is 5.32 Å². The number of thioether (sulfide) groups is 1. The van der Waals surface area contributed by atoms with Gasteiger partial charge in [0.1, 0.15) is 0 Å². The predicted octanol–water partition coefficient (Wildman–Crippen LogP) is 7.05. The molecule has 2 N–H and O–H groups in total. The fourth-order valence-corrected chi connectivity index (χ4v) is 5.12. The maximum absolute atomic E-state index is 12.3. The van der Waals surface area contributed by atoms with Gasteiger partial charge in [-0.15, -0.1) is 11.8 Å². The summed E-state index contributed by atoms with van der Waals surface area (Å²) in [5.74, 6) is -0.639. The molecular formula is C29H33NO3S. The van der Waals surface area contributed by atoms with E-state index in [9.17, 15) is 9.59 Å². The van der Waals surface area contributed by atoms with Crippen LogP contribution in [0.2, 0.25) is 0 Å². The third-order valence-electron chi connectivity index (χ3n) is 5.83. The number of nitrogens with one attached hydrogen (secondary N) is 1. The zero-order valence-electron chi connectivity index (χ0n) is 20.3. The van der Waals surface area contributed by atoms with Crippen molar-refractivity contribution in [3.63, 3.8) is 0 Å². The molecule has 3 aromatic carbocycles. The number of aryl methyl sites for hydroxylation is 2. The van der Waals surface area contributed by atoms with Crippen LogP contribution in [0.1, 0.15) is 59.0 Å². The third kappa shape index (κ3) is 7.22. The van der Waals surface area contributed by atoms with Crippen molar-refractivity contribution in [3.05, 3.63) is 89.0 Å². The minimum absolute atomic E-state index is 0.0841. The van der Waals surface area contributed by atoms with E-state index in [0.29, 0.717) is 11.5 Å². The normalized spacial score (nSPS) is 11.9. The first-order valence-electron chi connectivity index (χ1n) is 11.7. The van der Waals surface area contributed by atoms with Gasteiger partial charge in [0.05, 0.1) is 6.42 Å². The summed E-state index contributed by atoms with van der Waals surface area (Å²) in [6.45, 7) is 8.85. The molecule has 0 aliphatic heterocycles. The van der Waals surface area contributed by atoms with Crippen molar-refractivity contribution in [2.45, 2.75) is 50.7 Å². The van der Waals surface area contributed by atoms with Crippen molar-refractivity contribution >= 4 is 23.6 Å². The molecule has 3 rings (SSSR count). The number of carboxylic acids is 1. The maximum Gasteiger partial charge on any atom is 0.305 e. The van der Waals surface area contributed by atoms with Gasteiger partial charge >= 0.3 is 5.97 Å². The predicted molar refractivity (Wildman–Crippen MR) is 140 cm³/mol. The van der Waals surface area contributed by atoms with Crippen molar-refractivity contribution in [3.8, 4) is 11.1 Å². The smallest absolute Gasteiger partial charge is 0.305 e. The quantitative estimate of drug-likeness (QED) is 0.308. The second-order valence-electron chi connectivity index (χ2n) is 9.08. The summed E-state index contributed by atoms with van der Waals surface area (Å²) < 4.78 is 0. The Morgan fingerprint density at radius 1 is 0.882 bits per heavy atom. The second kappa shape index (κ2) is 11.9. The zero-order chi connectivity index (χ0) is 24.7. The van der Waals surface area contributed by atoms with Gasteiger partial charge in [-0.2, -0.15) is 0 Å². The van der Waals surface area contributed by atoms with Crippen molar-refractivity contribution in [2.24, 2.45) is 5.92 Å². The summed E-state index contributed by atoms with van der Waals surface area (Å²) in [5, 5.41) is 11.7. The second-order valence-corrected chi connectivity index (χ2v) is 10.4. The highest BCUT2D eigenvalue weighted by Gasteiger charge is 2.16. The lowest BCUT2D eigenvalue weighted by Gasteiger charge is -2.20. The Hall–Kier alpha value is -3.05. The van der Waals surface area contributed by atoms with Crippen LogP contribution in [0.25, 0.3) is 11.1 Å². The van der Waals surface area contributed by atoms with E-state index in [-0.39, 0.29) is 24.1 Å². The summed E-state index contributed by atoms with van der Waals surface area (Å²) in [5.41, 5.74) is 6.77. The van der Waals surface area contributed by atoms with Crippen LogP contribution in [0.15, 0.2) is 71.6 Å². The Labute approximate surface area is 206 Å². The van der Waals surface area contributed by atoms with Crippen LogP contribution >= 0.6 is 11.8 Å². The van der Waals surface area contributed by atoms with Crippen LogP contribution in [-0.2, 0) is 4.79 Å². The molecule has 178 valence electrons. The van der Waals surface area contributed by atoms with Crippen LogP contribution in [0, 0.1) is 19.8 Å². The molecular weight excluding hydrogens is 442 g/mol. The molecule has 0 spiro atoms. The molecule has 34 heavy (non-hydrogen) atoms. The van der Waals surface area contributed by atoms with Gasteiger partial charge in [-0.25, -0.2) is 0 Å². The van der Waals surface area contributed by atoms with Crippen LogP contribution in [0.3, 0.4) is 0 Å². The van der Waals surface area contributed by atoms with E-state index in [0.717, 1.165) is 6.42 Å². The molecule has 0 heterocycles. The van der Waals surface area contributed by atoms with Crippen LogP contribution in [-0.4, -0.2) is 23.5 Å². The highest BCUT2D eigenvalue weighted by atomic mass is 32.2. The molecule has 1 unspecified atom stereocenters. The topological polar surface area (TPSA) is 66.4 Å². The molecule has 0 saturated heterocycles. The van der Waals surface area contributed by atoms with Gasteiger partial charge in [-0.3, -0.25) is 9.59 Å². The highest BCUT2D eigenvalue weighted by molar-refractivity contribution is 7.99. The summed E-state index contributed by atoms with van der Waals surface area (Å²) in [6.07, 6.45) is 0.937. The van der Waals surface area contributed by atoms with Gasteiger partial charge in [0.2, 0.25) is 0 Å². The molecule has 4 nitrogen and oxygen atoms in total. The first kappa shape index (κ1) is 25.6. The lowest BCUT2D eigenvalue weighted by Crippen LogP contribution is -2.25. The molecule has 0 fully saturated rings. The van der Waals surface area contributed by atoms with Gasteiger partial charge < -0.3 is 10.4 Å². The Morgan fingerprint density at radius 3 is 2.12 bits per heavy atom. The summed E-state index contributed by atoms with van der Waals surface area (Å²) in [4.78, 5) is 24.1. The largest absolute Gasteiger partial charge is 0.481 e. The Morgan fingerprint density at radius 2 is 1.53 bits per heavy atom. The Kier molecular flexibility index (Phi) is 8.94. The number of hydrogen-bond acceptors (Lipinski definition) is 3. The summed E-state index contributed by atoms with van der Waals surface area (Å²) in [6, 6.07) is 23.0. The van der Waals surface area contributed by atoms with E-state index in [4.69, 9.17) is 5.11 Å². The van der Waals surface area contributed by atoms with Crippen LogP contribution in [0.4, 0.5) is 0 Å².